The minimum Gasteiger partial charge on any atom is -0.268 e. The molecular weight excluding hydrogens is 348 g/mol. The van der Waals surface area contributed by atoms with E-state index in [1.165, 1.54) is 18.3 Å². The van der Waals surface area contributed by atoms with Crippen LogP contribution in [0.3, 0.4) is 0 Å². The summed E-state index contributed by atoms with van der Waals surface area (Å²) in [5.41, 5.74) is -0.768. The third kappa shape index (κ3) is 4.12. The van der Waals surface area contributed by atoms with Crippen LogP contribution in [0.15, 0.2) is 46.2 Å². The van der Waals surface area contributed by atoms with Gasteiger partial charge in [0.05, 0.1) is 16.5 Å². The van der Waals surface area contributed by atoms with Crippen molar-refractivity contribution in [3.8, 4) is 0 Å². The second-order valence-corrected chi connectivity index (χ2v) is 6.50. The molecule has 23 heavy (non-hydrogen) atoms. The maximum absolute atomic E-state index is 12.2. The number of rotatable bonds is 6. The third-order valence-electron chi connectivity index (χ3n) is 2.82. The first kappa shape index (κ1) is 17.1. The predicted molar refractivity (Wildman–Crippen MR) is 81.8 cm³/mol. The van der Waals surface area contributed by atoms with Crippen molar-refractivity contribution in [3.63, 3.8) is 0 Å². The molecule has 0 atom stereocenters. The Balaban J connectivity index is 2.16. The van der Waals surface area contributed by atoms with Crippen molar-refractivity contribution in [2.75, 3.05) is 6.54 Å². The average molecular weight is 359 g/mol. The van der Waals surface area contributed by atoms with E-state index in [1.54, 1.807) is 0 Å². The fourth-order valence-electron chi connectivity index (χ4n) is 1.73. The fraction of sp³-hybridized carbons (Fsp3) is 0.167. The topological polar surface area (TPSA) is 124 Å². The van der Waals surface area contributed by atoms with Crippen LogP contribution < -0.4 is 10.3 Å². The summed E-state index contributed by atoms with van der Waals surface area (Å²) in [6.45, 7) is -0.121. The van der Waals surface area contributed by atoms with E-state index in [1.807, 2.05) is 0 Å². The lowest BCUT2D eigenvalue weighted by atomic mass is 10.3. The molecule has 0 amide bonds. The number of sulfonamides is 1. The van der Waals surface area contributed by atoms with E-state index in [9.17, 15) is 23.3 Å². The lowest BCUT2D eigenvalue weighted by molar-refractivity contribution is -0.385. The first-order valence-corrected chi connectivity index (χ1v) is 8.13. The number of nitrogens with zero attached hydrogens (tertiary/aromatic N) is 3. The SMILES string of the molecule is O=c1cccnn1CCNS(=O)(=O)c1cc([N+](=O)[O-])ccc1Cl. The van der Waals surface area contributed by atoms with Crippen molar-refractivity contribution in [1.82, 2.24) is 14.5 Å². The van der Waals surface area contributed by atoms with Gasteiger partial charge in [-0.05, 0) is 12.1 Å². The molecule has 0 fully saturated rings. The highest BCUT2D eigenvalue weighted by atomic mass is 35.5. The number of nitrogens with one attached hydrogen (secondary N) is 1. The average Bonchev–Trinajstić information content (AvgIpc) is 2.49. The summed E-state index contributed by atoms with van der Waals surface area (Å²) in [5.74, 6) is 0. The molecule has 0 bridgehead atoms. The number of hydrogen-bond donors (Lipinski definition) is 1. The first-order valence-electron chi connectivity index (χ1n) is 6.27. The normalized spacial score (nSPS) is 11.3. The molecule has 0 spiro atoms. The number of halogens is 1. The first-order chi connectivity index (χ1) is 10.8. The minimum absolute atomic E-state index is 0.00541. The van der Waals surface area contributed by atoms with E-state index in [0.29, 0.717) is 0 Å². The van der Waals surface area contributed by atoms with Crippen LogP contribution in [0.4, 0.5) is 5.69 Å². The van der Waals surface area contributed by atoms with Gasteiger partial charge in [0.15, 0.2) is 0 Å². The summed E-state index contributed by atoms with van der Waals surface area (Å²) in [5, 5.41) is 14.4. The minimum atomic E-state index is -4.06. The van der Waals surface area contributed by atoms with E-state index in [0.717, 1.165) is 22.9 Å². The zero-order valence-electron chi connectivity index (χ0n) is 11.5. The summed E-state index contributed by atoms with van der Waals surface area (Å²) >= 11 is 5.80. The van der Waals surface area contributed by atoms with Crippen LogP contribution in [0.1, 0.15) is 0 Å². The highest BCUT2D eigenvalue weighted by Gasteiger charge is 2.21. The van der Waals surface area contributed by atoms with Crippen LogP contribution in [0.25, 0.3) is 0 Å². The van der Waals surface area contributed by atoms with Gasteiger partial charge in [0.25, 0.3) is 11.2 Å². The van der Waals surface area contributed by atoms with Gasteiger partial charge in [-0.2, -0.15) is 5.10 Å². The van der Waals surface area contributed by atoms with Crippen molar-refractivity contribution in [3.05, 3.63) is 62.0 Å². The van der Waals surface area contributed by atoms with Gasteiger partial charge in [-0.25, -0.2) is 17.8 Å². The Kier molecular flexibility index (Phi) is 5.08. The molecule has 2 rings (SSSR count). The van der Waals surface area contributed by atoms with Crippen LogP contribution >= 0.6 is 11.6 Å². The van der Waals surface area contributed by atoms with E-state index in [2.05, 4.69) is 9.82 Å². The van der Waals surface area contributed by atoms with Crippen LogP contribution in [0, 0.1) is 10.1 Å². The van der Waals surface area contributed by atoms with Crippen molar-refractivity contribution in [2.24, 2.45) is 0 Å². The molecule has 1 aromatic heterocycles. The second-order valence-electron chi connectivity index (χ2n) is 4.35. The number of hydrogen-bond acceptors (Lipinski definition) is 6. The van der Waals surface area contributed by atoms with Crippen LogP contribution in [0.5, 0.6) is 0 Å². The summed E-state index contributed by atoms with van der Waals surface area (Å²) in [6, 6.07) is 5.87. The number of nitro groups is 1. The van der Waals surface area contributed by atoms with Gasteiger partial charge in [0.1, 0.15) is 4.90 Å². The van der Waals surface area contributed by atoms with Crippen molar-refractivity contribution < 1.29 is 13.3 Å². The Morgan fingerprint density at radius 3 is 2.74 bits per heavy atom. The molecule has 2 aromatic rings. The maximum atomic E-state index is 12.2. The molecule has 1 N–H and O–H groups in total. The summed E-state index contributed by atoms with van der Waals surface area (Å²) < 4.78 is 27.7. The monoisotopic (exact) mass is 358 g/mol. The third-order valence-corrected chi connectivity index (χ3v) is 4.76. The molecule has 0 aliphatic carbocycles. The molecule has 1 heterocycles. The van der Waals surface area contributed by atoms with Crippen molar-refractivity contribution in [2.45, 2.75) is 11.4 Å². The van der Waals surface area contributed by atoms with E-state index in [4.69, 9.17) is 11.6 Å². The van der Waals surface area contributed by atoms with Crippen molar-refractivity contribution >= 4 is 27.3 Å². The number of non-ortho nitro benzene ring substituents is 1. The van der Waals surface area contributed by atoms with Gasteiger partial charge in [0.2, 0.25) is 10.0 Å². The number of benzene rings is 1. The fourth-order valence-corrected chi connectivity index (χ4v) is 3.27. The number of nitro benzene ring substituents is 1. The van der Waals surface area contributed by atoms with Crippen LogP contribution in [0.2, 0.25) is 5.02 Å². The van der Waals surface area contributed by atoms with Gasteiger partial charge in [0, 0.05) is 30.9 Å². The smallest absolute Gasteiger partial charge is 0.268 e. The Morgan fingerprint density at radius 1 is 1.35 bits per heavy atom. The van der Waals surface area contributed by atoms with E-state index >= 15 is 0 Å². The molecular formula is C12H11ClN4O5S. The molecule has 0 aliphatic heterocycles. The summed E-state index contributed by atoms with van der Waals surface area (Å²) in [6.07, 6.45) is 1.40. The summed E-state index contributed by atoms with van der Waals surface area (Å²) in [7, 11) is -4.06. The largest absolute Gasteiger partial charge is 0.270 e. The Hall–Kier alpha value is -2.30. The highest BCUT2D eigenvalue weighted by molar-refractivity contribution is 7.89. The Morgan fingerprint density at radius 2 is 2.09 bits per heavy atom. The standard InChI is InChI=1S/C12H11ClN4O5S/c13-10-4-3-9(17(19)20)8-11(10)23(21,22)15-6-7-16-12(18)2-1-5-14-16/h1-5,8,15H,6-7H2. The molecule has 0 radical (unpaired) electrons. The Labute approximate surface area is 135 Å². The van der Waals surface area contributed by atoms with Gasteiger partial charge in [-0.15, -0.1) is 0 Å². The zero-order valence-corrected chi connectivity index (χ0v) is 13.1. The summed E-state index contributed by atoms with van der Waals surface area (Å²) in [4.78, 5) is 21.1. The molecule has 9 nitrogen and oxygen atoms in total. The van der Waals surface area contributed by atoms with Crippen LogP contribution in [-0.2, 0) is 16.6 Å². The maximum Gasteiger partial charge on any atom is 0.270 e. The second kappa shape index (κ2) is 6.86. The van der Waals surface area contributed by atoms with Gasteiger partial charge >= 0.3 is 0 Å². The molecule has 0 saturated heterocycles. The van der Waals surface area contributed by atoms with E-state index < -0.39 is 25.5 Å². The number of aromatic nitrogens is 2. The van der Waals surface area contributed by atoms with Crippen LogP contribution in [-0.4, -0.2) is 29.7 Å². The molecule has 11 heteroatoms. The lowest BCUT2D eigenvalue weighted by Gasteiger charge is -2.08. The zero-order chi connectivity index (χ0) is 17.0. The molecule has 1 aromatic carbocycles. The van der Waals surface area contributed by atoms with Gasteiger partial charge in [-0.3, -0.25) is 14.9 Å². The lowest BCUT2D eigenvalue weighted by Crippen LogP contribution is -2.31. The molecule has 122 valence electrons. The Bertz CT molecular complexity index is 896. The predicted octanol–water partition coefficient (Wildman–Crippen LogP) is 0.783. The molecule has 0 unspecified atom stereocenters. The molecule has 0 saturated carbocycles. The van der Waals surface area contributed by atoms with Gasteiger partial charge < -0.3 is 0 Å². The quantitative estimate of drug-likeness (QED) is 0.601. The molecule has 0 aliphatic rings. The van der Waals surface area contributed by atoms with E-state index in [-0.39, 0.29) is 23.7 Å². The highest BCUT2D eigenvalue weighted by Crippen LogP contribution is 2.25. The van der Waals surface area contributed by atoms with Crippen molar-refractivity contribution in [1.29, 1.82) is 0 Å². The van der Waals surface area contributed by atoms with Gasteiger partial charge in [-0.1, -0.05) is 11.6 Å².